The molecule has 1 aromatic rings. The molecule has 2 heterocycles. The van der Waals surface area contributed by atoms with Gasteiger partial charge in [0.1, 0.15) is 6.61 Å². The minimum Gasteiger partial charge on any atom is -0.475 e. The molecule has 1 amide bonds. The Balaban J connectivity index is 0.000000396. The van der Waals surface area contributed by atoms with Crippen LogP contribution >= 0.6 is 0 Å². The van der Waals surface area contributed by atoms with Gasteiger partial charge in [-0.1, -0.05) is 6.07 Å². The number of alkyl halides is 3. The van der Waals surface area contributed by atoms with E-state index in [2.05, 4.69) is 16.0 Å². The third-order valence-corrected chi connectivity index (χ3v) is 4.90. The number of hydrogen-bond donors (Lipinski definition) is 1. The largest absolute Gasteiger partial charge is 0.490 e. The van der Waals surface area contributed by atoms with Crippen molar-refractivity contribution in [1.29, 1.82) is 0 Å². The van der Waals surface area contributed by atoms with Crippen molar-refractivity contribution in [2.75, 3.05) is 33.9 Å². The molecule has 8 nitrogen and oxygen atoms in total. The van der Waals surface area contributed by atoms with Crippen molar-refractivity contribution in [3.8, 4) is 0 Å². The van der Waals surface area contributed by atoms with E-state index in [0.29, 0.717) is 12.6 Å². The number of aliphatic carboxylic acids is 1. The highest BCUT2D eigenvalue weighted by Crippen LogP contribution is 2.32. The summed E-state index contributed by atoms with van der Waals surface area (Å²) in [6.45, 7) is 2.59. The molecule has 168 valence electrons. The third-order valence-electron chi connectivity index (χ3n) is 4.90. The highest BCUT2D eigenvalue weighted by Gasteiger charge is 2.43. The van der Waals surface area contributed by atoms with Gasteiger partial charge in [0.05, 0.1) is 24.5 Å². The highest BCUT2D eigenvalue weighted by molar-refractivity contribution is 5.76. The summed E-state index contributed by atoms with van der Waals surface area (Å²) >= 11 is 0. The maximum atomic E-state index is 11.7. The van der Waals surface area contributed by atoms with Crippen molar-refractivity contribution in [3.63, 3.8) is 0 Å². The lowest BCUT2D eigenvalue weighted by atomic mass is 10.1. The predicted molar refractivity (Wildman–Crippen MR) is 99.5 cm³/mol. The molecule has 2 aliphatic rings. The number of carboxylic acids is 1. The number of hydrogen-bond acceptors (Lipinski definition) is 6. The minimum absolute atomic E-state index is 0.00500. The fourth-order valence-electron chi connectivity index (χ4n) is 3.37. The Morgan fingerprint density at radius 2 is 2.03 bits per heavy atom. The van der Waals surface area contributed by atoms with E-state index in [1.54, 1.807) is 19.0 Å². The van der Waals surface area contributed by atoms with Gasteiger partial charge in [0, 0.05) is 39.4 Å². The monoisotopic (exact) mass is 433 g/mol. The number of amides is 1. The SMILES string of the molecule is CN(C)C(=O)CO[C@@H]1CC[C@H]2[C@H]1OCCN2Cc1ccccn1.O=C(O)C(F)(F)F. The van der Waals surface area contributed by atoms with Crippen LogP contribution in [0.3, 0.4) is 0 Å². The van der Waals surface area contributed by atoms with Gasteiger partial charge in [0.15, 0.2) is 0 Å². The second-order valence-electron chi connectivity index (χ2n) is 7.21. The van der Waals surface area contributed by atoms with E-state index >= 15 is 0 Å². The molecule has 1 aliphatic heterocycles. The second-order valence-corrected chi connectivity index (χ2v) is 7.21. The summed E-state index contributed by atoms with van der Waals surface area (Å²) in [5.74, 6) is -2.76. The van der Waals surface area contributed by atoms with Gasteiger partial charge in [-0.05, 0) is 25.0 Å². The number of pyridine rings is 1. The molecule has 1 saturated carbocycles. The third kappa shape index (κ3) is 6.92. The van der Waals surface area contributed by atoms with Crippen LogP contribution in [0.2, 0.25) is 0 Å². The van der Waals surface area contributed by atoms with E-state index in [0.717, 1.165) is 31.6 Å². The Morgan fingerprint density at radius 1 is 1.33 bits per heavy atom. The molecule has 3 rings (SSSR count). The second kappa shape index (κ2) is 10.7. The lowest BCUT2D eigenvalue weighted by Gasteiger charge is -2.38. The van der Waals surface area contributed by atoms with Crippen LogP contribution in [0.1, 0.15) is 18.5 Å². The van der Waals surface area contributed by atoms with Crippen LogP contribution in [-0.4, -0.2) is 90.0 Å². The first-order valence-electron chi connectivity index (χ1n) is 9.47. The molecule has 0 spiro atoms. The normalized spacial score (nSPS) is 23.8. The number of fused-ring (bicyclic) bond motifs is 1. The van der Waals surface area contributed by atoms with Gasteiger partial charge < -0.3 is 19.5 Å². The summed E-state index contributed by atoms with van der Waals surface area (Å²) in [6.07, 6.45) is -1.20. The predicted octanol–water partition coefficient (Wildman–Crippen LogP) is 1.55. The average molecular weight is 433 g/mol. The Labute approximate surface area is 172 Å². The molecule has 0 aromatic carbocycles. The molecular weight excluding hydrogens is 407 g/mol. The first-order valence-corrected chi connectivity index (χ1v) is 9.47. The molecular formula is C19H26F3N3O5. The number of morpholine rings is 1. The number of nitrogens with zero attached hydrogens (tertiary/aromatic N) is 3. The van der Waals surface area contributed by atoms with Gasteiger partial charge in [-0.25, -0.2) is 4.79 Å². The summed E-state index contributed by atoms with van der Waals surface area (Å²) in [7, 11) is 3.49. The molecule has 1 saturated heterocycles. The zero-order chi connectivity index (χ0) is 22.3. The Morgan fingerprint density at radius 3 is 2.60 bits per heavy atom. The van der Waals surface area contributed by atoms with Gasteiger partial charge >= 0.3 is 12.1 Å². The molecule has 11 heteroatoms. The van der Waals surface area contributed by atoms with Crippen LogP contribution in [0.15, 0.2) is 24.4 Å². The van der Waals surface area contributed by atoms with E-state index < -0.39 is 12.1 Å². The number of carbonyl (C=O) groups is 2. The average Bonchev–Trinajstić information content (AvgIpc) is 3.11. The van der Waals surface area contributed by atoms with E-state index in [4.69, 9.17) is 19.4 Å². The first-order chi connectivity index (χ1) is 14.1. The zero-order valence-electron chi connectivity index (χ0n) is 16.8. The number of aromatic nitrogens is 1. The van der Waals surface area contributed by atoms with Gasteiger partial charge in [-0.2, -0.15) is 13.2 Å². The van der Waals surface area contributed by atoms with Crippen molar-refractivity contribution in [3.05, 3.63) is 30.1 Å². The minimum atomic E-state index is -5.08. The van der Waals surface area contributed by atoms with Crippen molar-refractivity contribution in [2.45, 2.75) is 43.8 Å². The zero-order valence-corrected chi connectivity index (χ0v) is 16.8. The molecule has 0 unspecified atom stereocenters. The number of rotatable bonds is 5. The quantitative estimate of drug-likeness (QED) is 0.753. The van der Waals surface area contributed by atoms with Gasteiger partial charge in [0.2, 0.25) is 5.91 Å². The number of halogens is 3. The molecule has 3 atom stereocenters. The van der Waals surface area contributed by atoms with Crippen molar-refractivity contribution >= 4 is 11.9 Å². The molecule has 30 heavy (non-hydrogen) atoms. The Kier molecular flexibility index (Phi) is 8.56. The Hall–Kier alpha value is -2.24. The van der Waals surface area contributed by atoms with Crippen LogP contribution in [0.5, 0.6) is 0 Å². The van der Waals surface area contributed by atoms with Gasteiger partial charge in [0.25, 0.3) is 0 Å². The topological polar surface area (TPSA) is 92.2 Å². The summed E-state index contributed by atoms with van der Waals surface area (Å²) < 4.78 is 43.5. The summed E-state index contributed by atoms with van der Waals surface area (Å²) in [4.78, 5) is 29.0. The Bertz CT molecular complexity index is 702. The fraction of sp³-hybridized carbons (Fsp3) is 0.632. The van der Waals surface area contributed by atoms with Gasteiger partial charge in [-0.3, -0.25) is 14.7 Å². The van der Waals surface area contributed by atoms with E-state index in [1.165, 1.54) is 0 Å². The number of carbonyl (C=O) groups excluding carboxylic acids is 1. The standard InChI is InChI=1S/C17H25N3O3.C2HF3O2/c1-19(2)16(21)12-23-15-7-6-14-17(15)22-10-9-20(14)11-13-5-3-4-8-18-13;3-2(4,5)1(6)7/h3-5,8,14-15,17H,6-7,9-12H2,1-2H3;(H,6,7)/t14-,15+,17+;/m0./s1. The molecule has 0 radical (unpaired) electrons. The first kappa shape index (κ1) is 24.0. The van der Waals surface area contributed by atoms with E-state index in [1.807, 2.05) is 18.3 Å². The van der Waals surface area contributed by atoms with Crippen LogP contribution in [0.4, 0.5) is 13.2 Å². The summed E-state index contributed by atoms with van der Waals surface area (Å²) in [6, 6.07) is 6.37. The van der Waals surface area contributed by atoms with Crippen LogP contribution in [0.25, 0.3) is 0 Å². The number of carboxylic acid groups (broad SMARTS) is 1. The van der Waals surface area contributed by atoms with Crippen LogP contribution < -0.4 is 0 Å². The van der Waals surface area contributed by atoms with E-state index in [9.17, 15) is 18.0 Å². The van der Waals surface area contributed by atoms with Crippen LogP contribution in [-0.2, 0) is 25.6 Å². The van der Waals surface area contributed by atoms with Crippen LogP contribution in [0, 0.1) is 0 Å². The molecule has 0 bridgehead atoms. The fourth-order valence-corrected chi connectivity index (χ4v) is 3.37. The summed E-state index contributed by atoms with van der Waals surface area (Å²) in [5.41, 5.74) is 1.08. The maximum absolute atomic E-state index is 11.7. The molecule has 2 fully saturated rings. The molecule has 1 aliphatic carbocycles. The number of likely N-dealkylation sites (N-methyl/N-ethyl adjacent to an activating group) is 1. The highest BCUT2D eigenvalue weighted by atomic mass is 19.4. The van der Waals surface area contributed by atoms with Crippen molar-refractivity contribution < 1.29 is 37.3 Å². The lowest BCUT2D eigenvalue weighted by Crippen LogP contribution is -2.51. The molecule has 1 aromatic heterocycles. The molecule has 1 N–H and O–H groups in total. The number of ether oxygens (including phenoxy) is 2. The van der Waals surface area contributed by atoms with E-state index in [-0.39, 0.29) is 24.7 Å². The van der Waals surface area contributed by atoms with Crippen molar-refractivity contribution in [1.82, 2.24) is 14.8 Å². The van der Waals surface area contributed by atoms with Crippen molar-refractivity contribution in [2.24, 2.45) is 0 Å². The summed E-state index contributed by atoms with van der Waals surface area (Å²) in [5, 5.41) is 7.12. The lowest BCUT2D eigenvalue weighted by molar-refractivity contribution is -0.192. The smallest absolute Gasteiger partial charge is 0.475 e. The van der Waals surface area contributed by atoms with Gasteiger partial charge in [-0.15, -0.1) is 0 Å². The maximum Gasteiger partial charge on any atom is 0.490 e.